The fourth-order valence-electron chi connectivity index (χ4n) is 3.34. The SMILES string of the molecule is CCOC(=O)c1c(-c2ccc(C)cc2C)csc1NC(=O)/C=C/c1ccc(OCC)cc1. The molecule has 3 aromatic rings. The van der Waals surface area contributed by atoms with Crippen molar-refractivity contribution in [1.29, 1.82) is 0 Å². The maximum atomic E-state index is 12.7. The van der Waals surface area contributed by atoms with E-state index in [1.54, 1.807) is 13.0 Å². The molecule has 5 nitrogen and oxygen atoms in total. The molecular formula is C26H27NO4S. The summed E-state index contributed by atoms with van der Waals surface area (Å²) in [6, 6.07) is 13.5. The molecule has 0 aliphatic carbocycles. The summed E-state index contributed by atoms with van der Waals surface area (Å²) in [5.74, 6) is 0.0127. The fraction of sp³-hybridized carbons (Fsp3) is 0.231. The average Bonchev–Trinajstić information content (AvgIpc) is 3.17. The second-order valence-corrected chi connectivity index (χ2v) is 8.10. The minimum absolute atomic E-state index is 0.256. The summed E-state index contributed by atoms with van der Waals surface area (Å²) >= 11 is 1.31. The summed E-state index contributed by atoms with van der Waals surface area (Å²) in [5.41, 5.74) is 5.16. The van der Waals surface area contributed by atoms with Gasteiger partial charge in [0.1, 0.15) is 16.3 Å². The van der Waals surface area contributed by atoms with Crippen molar-refractivity contribution in [2.24, 2.45) is 0 Å². The van der Waals surface area contributed by atoms with E-state index in [4.69, 9.17) is 9.47 Å². The molecule has 166 valence electrons. The zero-order valence-corrected chi connectivity index (χ0v) is 19.5. The number of amides is 1. The Bertz CT molecular complexity index is 1130. The molecule has 0 saturated heterocycles. The number of hydrogen-bond donors (Lipinski definition) is 1. The van der Waals surface area contributed by atoms with Crippen molar-refractivity contribution in [3.05, 3.63) is 76.2 Å². The van der Waals surface area contributed by atoms with Crippen LogP contribution in [0, 0.1) is 13.8 Å². The summed E-state index contributed by atoms with van der Waals surface area (Å²) in [7, 11) is 0. The minimum atomic E-state index is -0.450. The van der Waals surface area contributed by atoms with Crippen LogP contribution in [0.5, 0.6) is 5.75 Å². The highest BCUT2D eigenvalue weighted by atomic mass is 32.1. The molecule has 6 heteroatoms. The Hall–Kier alpha value is -3.38. The Morgan fingerprint density at radius 1 is 1.00 bits per heavy atom. The number of hydrogen-bond acceptors (Lipinski definition) is 5. The highest BCUT2D eigenvalue weighted by Gasteiger charge is 2.23. The maximum absolute atomic E-state index is 12.7. The van der Waals surface area contributed by atoms with Gasteiger partial charge in [-0.25, -0.2) is 4.79 Å². The van der Waals surface area contributed by atoms with Gasteiger partial charge in [-0.1, -0.05) is 35.9 Å². The van der Waals surface area contributed by atoms with E-state index in [9.17, 15) is 9.59 Å². The van der Waals surface area contributed by atoms with E-state index in [0.717, 1.165) is 33.6 Å². The Morgan fingerprint density at radius 3 is 2.41 bits per heavy atom. The lowest BCUT2D eigenvalue weighted by Crippen LogP contribution is -2.12. The molecule has 3 rings (SSSR count). The zero-order chi connectivity index (χ0) is 23.1. The van der Waals surface area contributed by atoms with Crippen LogP contribution in [-0.4, -0.2) is 25.1 Å². The molecule has 0 radical (unpaired) electrons. The van der Waals surface area contributed by atoms with Crippen molar-refractivity contribution >= 4 is 34.3 Å². The number of anilines is 1. The molecule has 0 unspecified atom stereocenters. The van der Waals surface area contributed by atoms with Crippen LogP contribution < -0.4 is 10.1 Å². The van der Waals surface area contributed by atoms with Crippen LogP contribution >= 0.6 is 11.3 Å². The fourth-order valence-corrected chi connectivity index (χ4v) is 4.29. The van der Waals surface area contributed by atoms with Crippen LogP contribution in [0.15, 0.2) is 53.9 Å². The first kappa shape index (κ1) is 23.3. The molecule has 0 aliphatic heterocycles. The van der Waals surface area contributed by atoms with E-state index >= 15 is 0 Å². The van der Waals surface area contributed by atoms with Crippen LogP contribution in [0.3, 0.4) is 0 Å². The van der Waals surface area contributed by atoms with Crippen molar-refractivity contribution in [2.45, 2.75) is 27.7 Å². The third-order valence-corrected chi connectivity index (χ3v) is 5.69. The van der Waals surface area contributed by atoms with Crippen molar-refractivity contribution in [2.75, 3.05) is 18.5 Å². The largest absolute Gasteiger partial charge is 0.494 e. The lowest BCUT2D eigenvalue weighted by molar-refractivity contribution is -0.111. The molecule has 0 bridgehead atoms. The smallest absolute Gasteiger partial charge is 0.341 e. The first-order chi connectivity index (χ1) is 15.4. The van der Waals surface area contributed by atoms with Gasteiger partial charge in [0.25, 0.3) is 0 Å². The van der Waals surface area contributed by atoms with Gasteiger partial charge in [0.15, 0.2) is 0 Å². The molecule has 1 heterocycles. The first-order valence-corrected chi connectivity index (χ1v) is 11.4. The summed E-state index contributed by atoms with van der Waals surface area (Å²) in [5, 5.41) is 5.20. The standard InChI is InChI=1S/C26H27NO4S/c1-5-30-20-11-8-19(9-12-20)10-14-23(28)27-25-24(26(29)31-6-2)22(16-32-25)21-13-7-17(3)15-18(21)4/h7-16H,5-6H2,1-4H3,(H,27,28)/b14-10+. The van der Waals surface area contributed by atoms with Crippen LogP contribution in [-0.2, 0) is 9.53 Å². The Morgan fingerprint density at radius 2 is 1.75 bits per heavy atom. The van der Waals surface area contributed by atoms with Crippen molar-refractivity contribution in [3.63, 3.8) is 0 Å². The summed E-state index contributed by atoms with van der Waals surface area (Å²) < 4.78 is 10.7. The molecule has 0 aliphatic rings. The zero-order valence-electron chi connectivity index (χ0n) is 18.7. The highest BCUT2D eigenvalue weighted by molar-refractivity contribution is 7.15. The molecule has 1 amide bonds. The molecule has 0 saturated carbocycles. The van der Waals surface area contributed by atoms with Gasteiger partial charge in [-0.3, -0.25) is 4.79 Å². The number of nitrogens with one attached hydrogen (secondary N) is 1. The highest BCUT2D eigenvalue weighted by Crippen LogP contribution is 2.38. The number of aryl methyl sites for hydroxylation is 2. The molecule has 0 spiro atoms. The quantitative estimate of drug-likeness (QED) is 0.326. The number of rotatable bonds is 8. The number of carbonyl (C=O) groups is 2. The number of thiophene rings is 1. The van der Waals surface area contributed by atoms with Crippen molar-refractivity contribution < 1.29 is 19.1 Å². The number of ether oxygens (including phenoxy) is 2. The van der Waals surface area contributed by atoms with E-state index < -0.39 is 5.97 Å². The van der Waals surface area contributed by atoms with Gasteiger partial charge in [-0.15, -0.1) is 11.3 Å². The molecular weight excluding hydrogens is 422 g/mol. The summed E-state index contributed by atoms with van der Waals surface area (Å²) in [6.07, 6.45) is 3.16. The Kier molecular flexibility index (Phi) is 7.84. The van der Waals surface area contributed by atoms with Gasteiger partial charge in [0, 0.05) is 17.0 Å². The van der Waals surface area contributed by atoms with Crippen molar-refractivity contribution in [1.82, 2.24) is 0 Å². The van der Waals surface area contributed by atoms with Gasteiger partial charge in [0.05, 0.1) is 13.2 Å². The number of carbonyl (C=O) groups excluding carboxylic acids is 2. The van der Waals surface area contributed by atoms with Crippen LogP contribution in [0.25, 0.3) is 17.2 Å². The predicted molar refractivity (Wildman–Crippen MR) is 130 cm³/mol. The average molecular weight is 450 g/mol. The summed E-state index contributed by atoms with van der Waals surface area (Å²) in [4.78, 5) is 25.3. The number of esters is 1. The van der Waals surface area contributed by atoms with Crippen LogP contribution in [0.4, 0.5) is 5.00 Å². The van der Waals surface area contributed by atoms with Gasteiger partial charge >= 0.3 is 5.97 Å². The molecule has 2 aromatic carbocycles. The van der Waals surface area contributed by atoms with E-state index in [0.29, 0.717) is 17.2 Å². The second-order valence-electron chi connectivity index (χ2n) is 7.22. The molecule has 0 fully saturated rings. The summed E-state index contributed by atoms with van der Waals surface area (Å²) in [6.45, 7) is 8.58. The topological polar surface area (TPSA) is 64.6 Å². The van der Waals surface area contributed by atoms with E-state index in [1.807, 2.05) is 62.5 Å². The van der Waals surface area contributed by atoms with Gasteiger partial charge in [-0.05, 0) is 62.6 Å². The Balaban J connectivity index is 1.84. The maximum Gasteiger partial charge on any atom is 0.341 e. The van der Waals surface area contributed by atoms with E-state index in [1.165, 1.54) is 17.4 Å². The molecule has 1 N–H and O–H groups in total. The third kappa shape index (κ3) is 5.65. The molecule has 0 atom stereocenters. The predicted octanol–water partition coefficient (Wildman–Crippen LogP) is 6.26. The van der Waals surface area contributed by atoms with Crippen LogP contribution in [0.1, 0.15) is 40.9 Å². The first-order valence-electron chi connectivity index (χ1n) is 10.5. The van der Waals surface area contributed by atoms with Gasteiger partial charge in [-0.2, -0.15) is 0 Å². The normalized spacial score (nSPS) is 10.9. The monoisotopic (exact) mass is 449 g/mol. The van der Waals surface area contributed by atoms with Crippen LogP contribution in [0.2, 0.25) is 0 Å². The lowest BCUT2D eigenvalue weighted by Gasteiger charge is -2.10. The molecule has 32 heavy (non-hydrogen) atoms. The molecule has 1 aromatic heterocycles. The van der Waals surface area contributed by atoms with Gasteiger partial charge in [0.2, 0.25) is 5.91 Å². The third-order valence-electron chi connectivity index (χ3n) is 4.80. The van der Waals surface area contributed by atoms with E-state index in [-0.39, 0.29) is 12.5 Å². The Labute approximate surface area is 192 Å². The van der Waals surface area contributed by atoms with Gasteiger partial charge < -0.3 is 14.8 Å². The van der Waals surface area contributed by atoms with E-state index in [2.05, 4.69) is 11.4 Å². The second kappa shape index (κ2) is 10.8. The van der Waals surface area contributed by atoms with Crippen molar-refractivity contribution in [3.8, 4) is 16.9 Å². The number of benzene rings is 2. The lowest BCUT2D eigenvalue weighted by atomic mass is 9.97. The minimum Gasteiger partial charge on any atom is -0.494 e.